The number of hydrogen-bond donors (Lipinski definition) is 2. The number of anilines is 1. The molecule has 0 spiro atoms. The second kappa shape index (κ2) is 12.4. The maximum atomic E-state index is 12.6. The van der Waals surface area contributed by atoms with Crippen LogP contribution in [0.25, 0.3) is 0 Å². The Morgan fingerprint density at radius 1 is 0.892 bits per heavy atom. The molecule has 5 rings (SSSR count). The lowest BCUT2D eigenvalue weighted by molar-refractivity contribution is -0.102. The molecule has 2 heterocycles. The highest BCUT2D eigenvalue weighted by Gasteiger charge is 2.51. The second-order valence-electron chi connectivity index (χ2n) is 9.58. The smallest absolute Gasteiger partial charge is 0.162 e. The van der Waals surface area contributed by atoms with Crippen molar-refractivity contribution in [3.05, 3.63) is 102 Å². The van der Waals surface area contributed by atoms with Gasteiger partial charge in [0.25, 0.3) is 0 Å². The Morgan fingerprint density at radius 2 is 1.57 bits per heavy atom. The zero-order valence-electron chi connectivity index (χ0n) is 20.7. The molecule has 3 aromatic carbocycles. The summed E-state index contributed by atoms with van der Waals surface area (Å²) in [5.74, 6) is 0.0510. The lowest BCUT2D eigenvalue weighted by Gasteiger charge is -2.24. The van der Waals surface area contributed by atoms with Crippen LogP contribution in [0, 0.1) is 0 Å². The molecule has 2 aliphatic rings. The van der Waals surface area contributed by atoms with Gasteiger partial charge in [-0.1, -0.05) is 60.7 Å². The van der Waals surface area contributed by atoms with Crippen molar-refractivity contribution in [2.45, 2.75) is 63.0 Å². The van der Waals surface area contributed by atoms with Crippen LogP contribution >= 0.6 is 0 Å². The number of ketones is 1. The van der Waals surface area contributed by atoms with Crippen LogP contribution in [-0.4, -0.2) is 48.1 Å². The monoisotopic (exact) mass is 503 g/mol. The van der Waals surface area contributed by atoms with Gasteiger partial charge in [-0.15, -0.1) is 0 Å². The Kier molecular flexibility index (Phi) is 8.61. The van der Waals surface area contributed by atoms with E-state index in [0.717, 1.165) is 17.5 Å². The molecule has 0 bridgehead atoms. The van der Waals surface area contributed by atoms with Gasteiger partial charge in [0.1, 0.15) is 18.3 Å². The number of nitrogens with one attached hydrogen (secondary N) is 1. The van der Waals surface area contributed by atoms with Crippen molar-refractivity contribution >= 4 is 11.5 Å². The molecule has 2 saturated heterocycles. The molecule has 37 heavy (non-hydrogen) atoms. The fourth-order valence-corrected chi connectivity index (χ4v) is 5.02. The summed E-state index contributed by atoms with van der Waals surface area (Å²) in [6.45, 7) is 1.41. The molecule has 3 aromatic rings. The molecule has 7 nitrogen and oxygen atoms in total. The average Bonchev–Trinajstić information content (AvgIpc) is 3.49. The van der Waals surface area contributed by atoms with E-state index in [1.54, 1.807) is 24.3 Å². The summed E-state index contributed by atoms with van der Waals surface area (Å²) in [7, 11) is 0. The SMILES string of the molecule is O=C(CC[C@H]1CC2O[C@H](COCc3ccccc3)[C@@H](OCc3ccccc3)C2O1)c1ccc(NO)cc1. The van der Waals surface area contributed by atoms with Crippen molar-refractivity contribution in [3.63, 3.8) is 0 Å². The van der Waals surface area contributed by atoms with Gasteiger partial charge in [0.2, 0.25) is 0 Å². The van der Waals surface area contributed by atoms with Gasteiger partial charge < -0.3 is 18.9 Å². The van der Waals surface area contributed by atoms with E-state index in [4.69, 9.17) is 24.2 Å². The molecule has 0 radical (unpaired) electrons. The number of Topliss-reactive ketones (excluding diaryl/α,β-unsaturated/α-hetero) is 1. The molecule has 2 fully saturated rings. The third kappa shape index (κ3) is 6.63. The van der Waals surface area contributed by atoms with Gasteiger partial charge in [-0.05, 0) is 41.8 Å². The van der Waals surface area contributed by atoms with E-state index >= 15 is 0 Å². The first kappa shape index (κ1) is 25.6. The number of rotatable bonds is 12. The summed E-state index contributed by atoms with van der Waals surface area (Å²) in [6, 6.07) is 26.9. The van der Waals surface area contributed by atoms with Gasteiger partial charge in [-0.25, -0.2) is 0 Å². The van der Waals surface area contributed by atoms with Crippen LogP contribution in [0.15, 0.2) is 84.9 Å². The second-order valence-corrected chi connectivity index (χ2v) is 9.58. The standard InChI is InChI=1S/C30H33NO6/c32-26(23-11-13-24(31-33)14-12-23)16-15-25-17-27-30(36-25)29(35-19-22-9-5-2-6-10-22)28(37-27)20-34-18-21-7-3-1-4-8-21/h1-14,25,27-31,33H,15-20H2/t25-,27?,28+,29+,30?/m0/s1. The third-order valence-electron chi connectivity index (χ3n) is 6.96. The van der Waals surface area contributed by atoms with E-state index in [1.807, 2.05) is 60.7 Å². The Bertz CT molecular complexity index is 1120. The summed E-state index contributed by atoms with van der Waals surface area (Å²) >= 11 is 0. The van der Waals surface area contributed by atoms with Gasteiger partial charge in [0, 0.05) is 18.4 Å². The predicted octanol–water partition coefficient (Wildman–Crippen LogP) is 5.18. The minimum atomic E-state index is -0.250. The zero-order valence-corrected chi connectivity index (χ0v) is 20.7. The van der Waals surface area contributed by atoms with Gasteiger partial charge in [0.05, 0.1) is 37.7 Å². The number of carbonyl (C=O) groups is 1. The molecule has 2 N–H and O–H groups in total. The molecule has 194 valence electrons. The molecule has 0 aliphatic carbocycles. The average molecular weight is 504 g/mol. The van der Waals surface area contributed by atoms with Gasteiger partial charge in [-0.3, -0.25) is 15.5 Å². The molecule has 7 heteroatoms. The largest absolute Gasteiger partial charge is 0.374 e. The highest BCUT2D eigenvalue weighted by molar-refractivity contribution is 5.96. The maximum Gasteiger partial charge on any atom is 0.162 e. The topological polar surface area (TPSA) is 86.3 Å². The molecular weight excluding hydrogens is 470 g/mol. The van der Waals surface area contributed by atoms with Crippen LogP contribution in [-0.2, 0) is 32.2 Å². The van der Waals surface area contributed by atoms with Crippen LogP contribution < -0.4 is 5.48 Å². The molecule has 5 atom stereocenters. The maximum absolute atomic E-state index is 12.6. The van der Waals surface area contributed by atoms with Crippen molar-refractivity contribution < 1.29 is 28.9 Å². The Balaban J connectivity index is 1.16. The first-order valence-corrected chi connectivity index (χ1v) is 12.8. The van der Waals surface area contributed by atoms with Gasteiger partial charge >= 0.3 is 0 Å². The highest BCUT2D eigenvalue weighted by atomic mass is 16.6. The first-order valence-electron chi connectivity index (χ1n) is 12.8. The van der Waals surface area contributed by atoms with E-state index in [1.165, 1.54) is 0 Å². The van der Waals surface area contributed by atoms with Crippen molar-refractivity contribution in [2.75, 3.05) is 12.1 Å². The van der Waals surface area contributed by atoms with Crippen molar-refractivity contribution in [2.24, 2.45) is 0 Å². The Labute approximate surface area is 217 Å². The summed E-state index contributed by atoms with van der Waals surface area (Å²) in [5, 5.41) is 8.95. The Hall–Kier alpha value is -3.07. The van der Waals surface area contributed by atoms with Gasteiger partial charge in [-0.2, -0.15) is 0 Å². The molecule has 2 unspecified atom stereocenters. The van der Waals surface area contributed by atoms with E-state index in [-0.39, 0.29) is 36.3 Å². The molecule has 0 amide bonds. The zero-order chi connectivity index (χ0) is 25.5. The number of carbonyl (C=O) groups excluding carboxylic acids is 1. The van der Waals surface area contributed by atoms with Crippen molar-refractivity contribution in [3.8, 4) is 0 Å². The van der Waals surface area contributed by atoms with Crippen LogP contribution in [0.5, 0.6) is 0 Å². The summed E-state index contributed by atoms with van der Waals surface area (Å²) in [4.78, 5) is 12.6. The Morgan fingerprint density at radius 3 is 2.24 bits per heavy atom. The van der Waals surface area contributed by atoms with Crippen molar-refractivity contribution in [1.29, 1.82) is 0 Å². The highest BCUT2D eigenvalue weighted by Crippen LogP contribution is 2.38. The van der Waals surface area contributed by atoms with Crippen LogP contribution in [0.4, 0.5) is 5.69 Å². The minimum Gasteiger partial charge on any atom is -0.374 e. The fraction of sp³-hybridized carbons (Fsp3) is 0.367. The van der Waals surface area contributed by atoms with Crippen LogP contribution in [0.2, 0.25) is 0 Å². The molecule has 0 saturated carbocycles. The third-order valence-corrected chi connectivity index (χ3v) is 6.96. The van der Waals surface area contributed by atoms with Gasteiger partial charge in [0.15, 0.2) is 5.78 Å². The lowest BCUT2D eigenvalue weighted by Crippen LogP contribution is -2.37. The van der Waals surface area contributed by atoms with E-state index in [2.05, 4.69) is 5.48 Å². The normalized spacial score (nSPS) is 24.6. The fourth-order valence-electron chi connectivity index (χ4n) is 5.02. The summed E-state index contributed by atoms with van der Waals surface area (Å²) in [5.41, 5.74) is 5.45. The van der Waals surface area contributed by atoms with E-state index in [0.29, 0.717) is 43.9 Å². The first-order chi connectivity index (χ1) is 18.2. The minimum absolute atomic E-state index is 0.0510. The number of ether oxygens (including phenoxy) is 4. The molecule has 2 aliphatic heterocycles. The molecule has 0 aromatic heterocycles. The molecular formula is C30H33NO6. The summed E-state index contributed by atoms with van der Waals surface area (Å²) in [6.07, 6.45) is 0.928. The number of hydrogen-bond acceptors (Lipinski definition) is 7. The number of benzene rings is 3. The summed E-state index contributed by atoms with van der Waals surface area (Å²) < 4.78 is 25.1. The van der Waals surface area contributed by atoms with Crippen LogP contribution in [0.1, 0.15) is 40.7 Å². The quantitative estimate of drug-likeness (QED) is 0.260. The van der Waals surface area contributed by atoms with E-state index in [9.17, 15) is 4.79 Å². The van der Waals surface area contributed by atoms with Crippen LogP contribution in [0.3, 0.4) is 0 Å². The lowest BCUT2D eigenvalue weighted by atomic mass is 10.0. The number of fused-ring (bicyclic) bond motifs is 1. The van der Waals surface area contributed by atoms with Crippen molar-refractivity contribution in [1.82, 2.24) is 0 Å². The predicted molar refractivity (Wildman–Crippen MR) is 138 cm³/mol. The van der Waals surface area contributed by atoms with E-state index < -0.39 is 0 Å².